The SMILES string of the molecule is C=CCn1c(=O)c2cnc(Nc3ccc(N4CCN(CCCCNC5CCCCC5)CC4)cc3)nc2n1-c1cccc(C(C)(C)O)n1. The largest absolute Gasteiger partial charge is 0.384 e. The van der Waals surface area contributed by atoms with Crippen LogP contribution in [0.5, 0.6) is 0 Å². The van der Waals surface area contributed by atoms with Crippen LogP contribution in [0.3, 0.4) is 0 Å². The van der Waals surface area contributed by atoms with E-state index in [4.69, 9.17) is 4.98 Å². The van der Waals surface area contributed by atoms with Crippen LogP contribution in [0.15, 0.2) is 66.1 Å². The van der Waals surface area contributed by atoms with E-state index >= 15 is 0 Å². The maximum atomic E-state index is 13.3. The van der Waals surface area contributed by atoms with Crippen LogP contribution >= 0.6 is 0 Å². The first-order valence-corrected chi connectivity index (χ1v) is 17.2. The van der Waals surface area contributed by atoms with Gasteiger partial charge in [0.25, 0.3) is 5.56 Å². The van der Waals surface area contributed by atoms with Crippen LogP contribution in [-0.4, -0.2) is 79.6 Å². The first-order chi connectivity index (χ1) is 22.8. The number of benzene rings is 1. The van der Waals surface area contributed by atoms with Crippen molar-refractivity contribution in [3.8, 4) is 5.82 Å². The van der Waals surface area contributed by atoms with E-state index in [-0.39, 0.29) is 12.1 Å². The van der Waals surface area contributed by atoms with Crippen LogP contribution in [-0.2, 0) is 12.1 Å². The summed E-state index contributed by atoms with van der Waals surface area (Å²) >= 11 is 0. The van der Waals surface area contributed by atoms with Gasteiger partial charge in [0.15, 0.2) is 11.5 Å². The van der Waals surface area contributed by atoms with Crippen LogP contribution in [0.4, 0.5) is 17.3 Å². The summed E-state index contributed by atoms with van der Waals surface area (Å²) in [5.41, 5.74) is 1.59. The highest BCUT2D eigenvalue weighted by Gasteiger charge is 2.22. The predicted octanol–water partition coefficient (Wildman–Crippen LogP) is 4.96. The highest BCUT2D eigenvalue weighted by atomic mass is 16.3. The van der Waals surface area contributed by atoms with Crippen LogP contribution in [0.1, 0.15) is 64.5 Å². The quantitative estimate of drug-likeness (QED) is 0.138. The second-order valence-electron chi connectivity index (χ2n) is 13.4. The van der Waals surface area contributed by atoms with Crippen LogP contribution in [0, 0.1) is 0 Å². The Morgan fingerprint density at radius 1 is 1.00 bits per heavy atom. The molecule has 1 aromatic carbocycles. The predicted molar refractivity (Wildman–Crippen MR) is 189 cm³/mol. The van der Waals surface area contributed by atoms with Gasteiger partial charge in [-0.2, -0.15) is 4.98 Å². The topological polar surface area (TPSA) is 116 Å². The van der Waals surface area contributed by atoms with Gasteiger partial charge in [-0.05, 0) is 89.0 Å². The van der Waals surface area contributed by atoms with Gasteiger partial charge in [0.2, 0.25) is 5.95 Å². The first kappa shape index (κ1) is 32.9. The summed E-state index contributed by atoms with van der Waals surface area (Å²) in [6.07, 6.45) is 12.6. The summed E-state index contributed by atoms with van der Waals surface area (Å²) in [7, 11) is 0. The molecule has 11 heteroatoms. The van der Waals surface area contributed by atoms with Gasteiger partial charge in [0, 0.05) is 49.8 Å². The molecule has 1 saturated heterocycles. The molecule has 1 aliphatic heterocycles. The van der Waals surface area contributed by atoms with E-state index < -0.39 is 5.60 Å². The number of rotatable bonds is 13. The Bertz CT molecular complexity index is 1690. The van der Waals surface area contributed by atoms with Gasteiger partial charge in [-0.1, -0.05) is 31.4 Å². The molecule has 0 spiro atoms. The van der Waals surface area contributed by atoms with Gasteiger partial charge in [-0.25, -0.2) is 19.3 Å². The number of nitrogens with zero attached hydrogens (tertiary/aromatic N) is 7. The number of fused-ring (bicyclic) bond motifs is 1. The summed E-state index contributed by atoms with van der Waals surface area (Å²) in [6.45, 7) is 14.0. The van der Waals surface area contributed by atoms with Crippen LogP contribution < -0.4 is 21.1 Å². The smallest absolute Gasteiger partial charge is 0.278 e. The third-order valence-electron chi connectivity index (χ3n) is 9.36. The summed E-state index contributed by atoms with van der Waals surface area (Å²) in [4.78, 5) is 32.2. The maximum Gasteiger partial charge on any atom is 0.278 e. The molecule has 250 valence electrons. The molecular weight excluding hydrogens is 590 g/mol. The van der Waals surface area contributed by atoms with Gasteiger partial charge < -0.3 is 20.6 Å². The lowest BCUT2D eigenvalue weighted by Crippen LogP contribution is -2.46. The minimum absolute atomic E-state index is 0.238. The lowest BCUT2D eigenvalue weighted by atomic mass is 9.95. The number of pyridine rings is 1. The van der Waals surface area contributed by atoms with Gasteiger partial charge in [-0.15, -0.1) is 6.58 Å². The minimum atomic E-state index is -1.14. The molecule has 0 amide bonds. The van der Waals surface area contributed by atoms with Gasteiger partial charge in [0.1, 0.15) is 11.0 Å². The monoisotopic (exact) mass is 639 g/mol. The number of piperazine rings is 1. The number of aromatic nitrogens is 5. The second kappa shape index (κ2) is 14.8. The Balaban J connectivity index is 1.07. The fourth-order valence-electron chi connectivity index (χ4n) is 6.68. The van der Waals surface area contributed by atoms with Crippen molar-refractivity contribution in [1.29, 1.82) is 0 Å². The molecule has 3 N–H and O–H groups in total. The van der Waals surface area contributed by atoms with Crippen molar-refractivity contribution in [1.82, 2.24) is 34.5 Å². The zero-order valence-corrected chi connectivity index (χ0v) is 27.9. The Morgan fingerprint density at radius 3 is 2.49 bits per heavy atom. The second-order valence-corrected chi connectivity index (χ2v) is 13.4. The average molecular weight is 640 g/mol. The Labute approximate surface area is 277 Å². The summed E-state index contributed by atoms with van der Waals surface area (Å²) < 4.78 is 3.19. The molecule has 1 saturated carbocycles. The fourth-order valence-corrected chi connectivity index (χ4v) is 6.68. The van der Waals surface area contributed by atoms with Crippen molar-refractivity contribution in [3.05, 3.63) is 77.4 Å². The number of unbranched alkanes of at least 4 members (excludes halogenated alkanes) is 1. The van der Waals surface area contributed by atoms with Crippen molar-refractivity contribution in [2.75, 3.05) is 49.5 Å². The lowest BCUT2D eigenvalue weighted by molar-refractivity contribution is 0.0738. The number of aliphatic hydroxyl groups is 1. The number of nitrogens with one attached hydrogen (secondary N) is 2. The van der Waals surface area contributed by atoms with Crippen LogP contribution in [0.2, 0.25) is 0 Å². The summed E-state index contributed by atoms with van der Waals surface area (Å²) in [5, 5.41) is 18.0. The molecule has 1 aliphatic carbocycles. The number of hydrogen-bond donors (Lipinski definition) is 3. The van der Waals surface area contributed by atoms with Crippen molar-refractivity contribution in [2.45, 2.75) is 77.0 Å². The Hall–Kier alpha value is -4.06. The zero-order chi connectivity index (χ0) is 32.8. The number of allylic oxidation sites excluding steroid dienone is 1. The molecule has 3 aromatic heterocycles. The Kier molecular flexibility index (Phi) is 10.3. The average Bonchev–Trinajstić information content (AvgIpc) is 3.35. The molecule has 4 heterocycles. The molecule has 0 atom stereocenters. The van der Waals surface area contributed by atoms with Gasteiger partial charge in [0.05, 0.1) is 12.2 Å². The van der Waals surface area contributed by atoms with Gasteiger partial charge in [-0.3, -0.25) is 9.69 Å². The van der Waals surface area contributed by atoms with E-state index in [2.05, 4.69) is 49.1 Å². The molecule has 4 aromatic rings. The molecular formula is C36H49N9O2. The van der Waals surface area contributed by atoms with Crippen molar-refractivity contribution < 1.29 is 5.11 Å². The third kappa shape index (κ3) is 7.91. The number of anilines is 3. The third-order valence-corrected chi connectivity index (χ3v) is 9.36. The standard InChI is InChI=1S/C36H49N9O2/c1-4-20-44-34(46)30-26-38-35(41-33(30)45(44)32-14-10-13-31(40-32)36(2,3)47)39-28-15-17-29(18-16-28)43-24-22-42(23-25-43)21-9-8-19-37-27-11-6-5-7-12-27/h4,10,13-18,26-27,37,47H,1,5-9,11-12,19-25H2,2-3H3,(H,38,39,41). The molecule has 0 radical (unpaired) electrons. The zero-order valence-electron chi connectivity index (χ0n) is 27.9. The highest BCUT2D eigenvalue weighted by Crippen LogP contribution is 2.24. The van der Waals surface area contributed by atoms with Gasteiger partial charge >= 0.3 is 0 Å². The van der Waals surface area contributed by atoms with Crippen molar-refractivity contribution >= 4 is 28.4 Å². The normalized spacial score (nSPS) is 16.5. The molecule has 2 fully saturated rings. The van der Waals surface area contributed by atoms with Crippen molar-refractivity contribution in [2.24, 2.45) is 0 Å². The Morgan fingerprint density at radius 2 is 1.77 bits per heavy atom. The van der Waals surface area contributed by atoms with E-state index in [0.717, 1.165) is 44.5 Å². The van der Waals surface area contributed by atoms with Crippen LogP contribution in [0.25, 0.3) is 16.9 Å². The first-order valence-electron chi connectivity index (χ1n) is 17.2. The molecule has 6 rings (SSSR count). The molecule has 0 bridgehead atoms. The lowest BCUT2D eigenvalue weighted by Gasteiger charge is -2.36. The van der Waals surface area contributed by atoms with E-state index in [1.165, 1.54) is 61.9 Å². The molecule has 2 aliphatic rings. The molecule has 0 unspecified atom stereocenters. The van der Waals surface area contributed by atoms with Crippen molar-refractivity contribution in [3.63, 3.8) is 0 Å². The van der Waals surface area contributed by atoms with E-state index in [0.29, 0.717) is 28.5 Å². The van der Waals surface area contributed by atoms with E-state index in [9.17, 15) is 9.90 Å². The highest BCUT2D eigenvalue weighted by molar-refractivity contribution is 5.77. The minimum Gasteiger partial charge on any atom is -0.384 e. The fraction of sp³-hybridized carbons (Fsp3) is 0.500. The van der Waals surface area contributed by atoms with E-state index in [1.807, 2.05) is 18.2 Å². The molecule has 47 heavy (non-hydrogen) atoms. The summed E-state index contributed by atoms with van der Waals surface area (Å²) in [6, 6.07) is 14.5. The maximum absolute atomic E-state index is 13.3. The summed E-state index contributed by atoms with van der Waals surface area (Å²) in [5.74, 6) is 0.843. The number of hydrogen-bond acceptors (Lipinski definition) is 9. The molecule has 11 nitrogen and oxygen atoms in total. The van der Waals surface area contributed by atoms with E-state index in [1.54, 1.807) is 42.9 Å².